The van der Waals surface area contributed by atoms with Crippen molar-refractivity contribution < 1.29 is 56.8 Å². The molecule has 4 N–H and O–H groups in total. The van der Waals surface area contributed by atoms with Crippen molar-refractivity contribution in [3.05, 3.63) is 72.9 Å². The van der Waals surface area contributed by atoms with Crippen LogP contribution in [0.2, 0.25) is 0 Å². The SMILES string of the molecule is CC/C=C\C/C=C\C/C=C\C/C=C\C/C=C\C/C=C\CCC(=O)O[C@H](COC(=O)CCCCCCCCCCCCCCC)CO[C@H]1O[C@H](CS(=O)(=O)O)[C@@H](O)[C@H](O)[C@H]1O. The number of aliphatic hydroxyl groups is 3. The first-order valence-electron chi connectivity index (χ1n) is 22.5. The lowest BCUT2D eigenvalue weighted by Gasteiger charge is -2.40. The van der Waals surface area contributed by atoms with Gasteiger partial charge in [0.2, 0.25) is 0 Å². The van der Waals surface area contributed by atoms with E-state index in [1.54, 1.807) is 0 Å². The van der Waals surface area contributed by atoms with E-state index in [-0.39, 0.29) is 19.4 Å². The lowest BCUT2D eigenvalue weighted by atomic mass is 10.00. The number of esters is 2. The van der Waals surface area contributed by atoms with Gasteiger partial charge in [0.15, 0.2) is 12.4 Å². The largest absolute Gasteiger partial charge is 0.462 e. The zero-order valence-corrected chi connectivity index (χ0v) is 37.3. The minimum absolute atomic E-state index is 0.0372. The highest BCUT2D eigenvalue weighted by Gasteiger charge is 2.46. The van der Waals surface area contributed by atoms with Gasteiger partial charge in [-0.05, 0) is 51.4 Å². The Bertz CT molecular complexity index is 1390. The van der Waals surface area contributed by atoms with Gasteiger partial charge in [-0.1, -0.05) is 164 Å². The summed E-state index contributed by atoms with van der Waals surface area (Å²) >= 11 is 0. The van der Waals surface area contributed by atoms with Gasteiger partial charge in [-0.25, -0.2) is 0 Å². The van der Waals surface area contributed by atoms with Gasteiger partial charge in [-0.15, -0.1) is 0 Å². The number of ether oxygens (including phenoxy) is 4. The van der Waals surface area contributed by atoms with Crippen LogP contribution >= 0.6 is 0 Å². The van der Waals surface area contributed by atoms with Gasteiger partial charge in [-0.2, -0.15) is 8.42 Å². The molecule has 1 saturated heterocycles. The van der Waals surface area contributed by atoms with E-state index in [0.29, 0.717) is 19.3 Å². The van der Waals surface area contributed by atoms with Gasteiger partial charge in [0, 0.05) is 12.8 Å². The topological polar surface area (TPSA) is 186 Å². The fourth-order valence-electron chi connectivity index (χ4n) is 6.35. The molecule has 60 heavy (non-hydrogen) atoms. The zero-order valence-electron chi connectivity index (χ0n) is 36.5. The summed E-state index contributed by atoms with van der Waals surface area (Å²) in [6.07, 6.45) is 36.7. The Kier molecular flexibility index (Phi) is 33.7. The number of hydrogen-bond acceptors (Lipinski definition) is 11. The molecule has 1 aliphatic rings. The summed E-state index contributed by atoms with van der Waals surface area (Å²) in [5.74, 6) is -2.10. The first kappa shape index (κ1) is 55.1. The van der Waals surface area contributed by atoms with E-state index in [9.17, 15) is 37.9 Å². The average Bonchev–Trinajstić information content (AvgIpc) is 3.21. The number of carbonyl (C=O) groups is 2. The number of allylic oxidation sites excluding steroid dienone is 12. The molecule has 0 unspecified atom stereocenters. The smallest absolute Gasteiger partial charge is 0.306 e. The van der Waals surface area contributed by atoms with Crippen molar-refractivity contribution in [2.45, 2.75) is 192 Å². The second-order valence-corrected chi connectivity index (χ2v) is 16.8. The summed E-state index contributed by atoms with van der Waals surface area (Å²) in [6, 6.07) is 0. The second kappa shape index (κ2) is 36.7. The van der Waals surface area contributed by atoms with E-state index in [1.165, 1.54) is 57.8 Å². The van der Waals surface area contributed by atoms with Crippen LogP contribution in [0, 0.1) is 0 Å². The molecule has 0 aromatic rings. The molecule has 0 bridgehead atoms. The van der Waals surface area contributed by atoms with E-state index in [1.807, 2.05) is 18.2 Å². The molecule has 0 saturated carbocycles. The Balaban J connectivity index is 2.52. The summed E-state index contributed by atoms with van der Waals surface area (Å²) in [7, 11) is -4.61. The lowest BCUT2D eigenvalue weighted by Crippen LogP contribution is -2.60. The molecule has 1 rings (SSSR count). The molecule has 0 aromatic carbocycles. The third-order valence-corrected chi connectivity index (χ3v) is 10.6. The highest BCUT2D eigenvalue weighted by molar-refractivity contribution is 7.85. The molecule has 1 aliphatic heterocycles. The minimum Gasteiger partial charge on any atom is -0.462 e. The number of carbonyl (C=O) groups excluding carboxylic acids is 2. The Morgan fingerprint density at radius 3 is 1.53 bits per heavy atom. The van der Waals surface area contributed by atoms with Gasteiger partial charge in [0.25, 0.3) is 10.1 Å². The van der Waals surface area contributed by atoms with E-state index in [0.717, 1.165) is 51.4 Å². The molecule has 0 spiro atoms. The Labute approximate surface area is 361 Å². The van der Waals surface area contributed by atoms with E-state index >= 15 is 0 Å². The van der Waals surface area contributed by atoms with Crippen molar-refractivity contribution in [3.63, 3.8) is 0 Å². The summed E-state index contributed by atoms with van der Waals surface area (Å²) in [6.45, 7) is 3.57. The van der Waals surface area contributed by atoms with E-state index in [2.05, 4.69) is 68.5 Å². The van der Waals surface area contributed by atoms with Crippen LogP contribution in [0.5, 0.6) is 0 Å². The maximum absolute atomic E-state index is 12.8. The normalized spacial score (nSPS) is 20.8. The van der Waals surface area contributed by atoms with Crippen molar-refractivity contribution in [1.29, 1.82) is 0 Å². The molecule has 0 aliphatic carbocycles. The lowest BCUT2D eigenvalue weighted by molar-refractivity contribution is -0.297. The van der Waals surface area contributed by atoms with Crippen molar-refractivity contribution >= 4 is 22.1 Å². The molecule has 0 radical (unpaired) electrons. The highest BCUT2D eigenvalue weighted by Crippen LogP contribution is 2.24. The van der Waals surface area contributed by atoms with Crippen LogP contribution in [0.3, 0.4) is 0 Å². The first-order chi connectivity index (χ1) is 29.0. The Morgan fingerprint density at radius 2 is 1.05 bits per heavy atom. The van der Waals surface area contributed by atoms with Crippen molar-refractivity contribution in [2.24, 2.45) is 0 Å². The number of hydrogen-bond donors (Lipinski definition) is 4. The van der Waals surface area contributed by atoms with Crippen molar-refractivity contribution in [2.75, 3.05) is 19.0 Å². The van der Waals surface area contributed by atoms with Gasteiger partial charge in [0.1, 0.15) is 36.8 Å². The van der Waals surface area contributed by atoms with Crippen LogP contribution in [0.4, 0.5) is 0 Å². The maximum atomic E-state index is 12.8. The second-order valence-electron chi connectivity index (χ2n) is 15.3. The van der Waals surface area contributed by atoms with Gasteiger partial charge < -0.3 is 34.3 Å². The molecule has 0 amide bonds. The standard InChI is InChI=1S/C47H78O12S/c1-3-5-7-9-11-13-15-17-18-19-20-21-22-24-26-28-30-32-34-36-43(49)58-40(38-57-47-46(52)45(51)44(50)41(59-47)39-60(53,54)55)37-56-42(48)35-33-31-29-27-25-23-16-14-12-10-8-6-4-2/h5,7,11,13,17-18,20-21,24,26,30,32,40-41,44-47,50-52H,3-4,6,8-10,12,14-16,19,22-23,25,27-29,31,33-39H2,1-2H3,(H,53,54,55)/b7-5-,13-11-,18-17-,21-20-,26-24-,32-30-/t40-,41-,44-,45+,46-,47+/m1/s1. The molecular weight excluding hydrogens is 789 g/mol. The third-order valence-electron chi connectivity index (χ3n) is 9.81. The Morgan fingerprint density at radius 1 is 0.583 bits per heavy atom. The summed E-state index contributed by atoms with van der Waals surface area (Å²) < 4.78 is 53.9. The van der Waals surface area contributed by atoms with Crippen LogP contribution in [0.1, 0.15) is 155 Å². The third kappa shape index (κ3) is 31.0. The maximum Gasteiger partial charge on any atom is 0.306 e. The average molecular weight is 867 g/mol. The van der Waals surface area contributed by atoms with Crippen LogP contribution in [-0.2, 0) is 38.7 Å². The van der Waals surface area contributed by atoms with Gasteiger partial charge in [-0.3, -0.25) is 14.1 Å². The molecule has 13 heteroatoms. The predicted octanol–water partition coefficient (Wildman–Crippen LogP) is 9.11. The molecular formula is C47H78O12S. The molecule has 1 heterocycles. The number of aliphatic hydroxyl groups excluding tert-OH is 3. The monoisotopic (exact) mass is 867 g/mol. The summed E-state index contributed by atoms with van der Waals surface area (Å²) in [5.41, 5.74) is 0. The molecule has 344 valence electrons. The fourth-order valence-corrected chi connectivity index (χ4v) is 7.04. The van der Waals surface area contributed by atoms with Crippen molar-refractivity contribution in [3.8, 4) is 0 Å². The van der Waals surface area contributed by atoms with E-state index in [4.69, 9.17) is 18.9 Å². The Hall–Kier alpha value is -2.91. The molecule has 6 atom stereocenters. The van der Waals surface area contributed by atoms with E-state index < -0.39 is 71.2 Å². The quantitative estimate of drug-likeness (QED) is 0.0203. The summed E-state index contributed by atoms with van der Waals surface area (Å²) in [4.78, 5) is 25.4. The van der Waals surface area contributed by atoms with Crippen LogP contribution < -0.4 is 0 Å². The fraction of sp³-hybridized carbons (Fsp3) is 0.702. The highest BCUT2D eigenvalue weighted by atomic mass is 32.2. The van der Waals surface area contributed by atoms with Crippen LogP contribution in [-0.4, -0.2) is 96.0 Å². The molecule has 1 fully saturated rings. The molecule has 12 nitrogen and oxygen atoms in total. The number of rotatable bonds is 36. The predicted molar refractivity (Wildman–Crippen MR) is 238 cm³/mol. The summed E-state index contributed by atoms with van der Waals surface area (Å²) in [5, 5.41) is 30.9. The zero-order chi connectivity index (χ0) is 44.1. The minimum atomic E-state index is -4.61. The van der Waals surface area contributed by atoms with Crippen molar-refractivity contribution in [1.82, 2.24) is 0 Å². The van der Waals surface area contributed by atoms with Gasteiger partial charge >= 0.3 is 11.9 Å². The first-order valence-corrected chi connectivity index (χ1v) is 24.1. The number of unbranched alkanes of at least 4 members (excludes halogenated alkanes) is 12. The molecule has 0 aromatic heterocycles. The van der Waals surface area contributed by atoms with Crippen LogP contribution in [0.15, 0.2) is 72.9 Å². The van der Waals surface area contributed by atoms with Crippen LogP contribution in [0.25, 0.3) is 0 Å². The van der Waals surface area contributed by atoms with Gasteiger partial charge in [0.05, 0.1) is 6.61 Å².